The van der Waals surface area contributed by atoms with Crippen LogP contribution in [0.2, 0.25) is 5.02 Å². The van der Waals surface area contributed by atoms with Crippen molar-refractivity contribution in [3.8, 4) is 0 Å². The van der Waals surface area contributed by atoms with Crippen molar-refractivity contribution >= 4 is 22.9 Å². The van der Waals surface area contributed by atoms with E-state index in [0.717, 1.165) is 21.3 Å². The lowest BCUT2D eigenvalue weighted by Crippen LogP contribution is -1.97. The van der Waals surface area contributed by atoms with Crippen LogP contribution in [0.1, 0.15) is 16.3 Å². The van der Waals surface area contributed by atoms with E-state index in [4.69, 9.17) is 22.1 Å². The van der Waals surface area contributed by atoms with Gasteiger partial charge in [0.1, 0.15) is 5.01 Å². The lowest BCUT2D eigenvalue weighted by atomic mass is 10.2. The van der Waals surface area contributed by atoms with Gasteiger partial charge in [-0.15, -0.1) is 11.3 Å². The summed E-state index contributed by atoms with van der Waals surface area (Å²) in [5.41, 5.74) is 7.53. The molecule has 90 valence electrons. The van der Waals surface area contributed by atoms with Gasteiger partial charge in [-0.3, -0.25) is 0 Å². The minimum absolute atomic E-state index is 0.488. The van der Waals surface area contributed by atoms with Crippen molar-refractivity contribution in [1.82, 2.24) is 4.98 Å². The molecule has 0 aliphatic carbocycles. The van der Waals surface area contributed by atoms with Gasteiger partial charge in [-0.1, -0.05) is 23.7 Å². The largest absolute Gasteiger partial charge is 0.370 e. The average Bonchev–Trinajstić information content (AvgIpc) is 2.80. The average molecular weight is 269 g/mol. The molecular formula is C12H13ClN2OS. The summed E-state index contributed by atoms with van der Waals surface area (Å²) in [5, 5.41) is 3.65. The van der Waals surface area contributed by atoms with Gasteiger partial charge in [0.05, 0.1) is 18.9 Å². The molecule has 0 saturated heterocycles. The molecular weight excluding hydrogens is 256 g/mol. The van der Waals surface area contributed by atoms with E-state index in [1.807, 2.05) is 29.6 Å². The molecule has 2 rings (SSSR count). The molecule has 0 fully saturated rings. The van der Waals surface area contributed by atoms with E-state index >= 15 is 0 Å². The Morgan fingerprint density at radius 2 is 2.00 bits per heavy atom. The number of aromatic nitrogens is 1. The Balaban J connectivity index is 1.81. The number of benzene rings is 1. The summed E-state index contributed by atoms with van der Waals surface area (Å²) in [5.74, 6) is 0. The van der Waals surface area contributed by atoms with Gasteiger partial charge in [0.15, 0.2) is 0 Å². The third kappa shape index (κ3) is 3.78. The molecule has 0 amide bonds. The van der Waals surface area contributed by atoms with Crippen LogP contribution >= 0.6 is 22.9 Å². The molecule has 0 saturated carbocycles. The van der Waals surface area contributed by atoms with Crippen molar-refractivity contribution in [2.24, 2.45) is 5.73 Å². The minimum Gasteiger partial charge on any atom is -0.370 e. The fourth-order valence-electron chi connectivity index (χ4n) is 1.36. The van der Waals surface area contributed by atoms with E-state index in [1.54, 1.807) is 11.3 Å². The number of thiazole rings is 1. The molecule has 0 radical (unpaired) electrons. The molecule has 1 heterocycles. The molecule has 0 spiro atoms. The molecule has 1 aromatic carbocycles. The summed E-state index contributed by atoms with van der Waals surface area (Å²) in [6, 6.07) is 7.62. The van der Waals surface area contributed by atoms with E-state index in [9.17, 15) is 0 Å². The Bertz CT molecular complexity index is 470. The molecule has 0 aliphatic rings. The van der Waals surface area contributed by atoms with Crippen LogP contribution in [0.4, 0.5) is 0 Å². The van der Waals surface area contributed by atoms with Gasteiger partial charge in [0.2, 0.25) is 0 Å². The monoisotopic (exact) mass is 268 g/mol. The maximum absolute atomic E-state index is 5.80. The van der Waals surface area contributed by atoms with Crippen LogP contribution in [0.5, 0.6) is 0 Å². The van der Waals surface area contributed by atoms with Crippen LogP contribution in [0.15, 0.2) is 29.6 Å². The predicted molar refractivity (Wildman–Crippen MR) is 70.0 cm³/mol. The fraction of sp³-hybridized carbons (Fsp3) is 0.250. The lowest BCUT2D eigenvalue weighted by Gasteiger charge is -2.02. The van der Waals surface area contributed by atoms with Crippen molar-refractivity contribution in [1.29, 1.82) is 0 Å². The van der Waals surface area contributed by atoms with E-state index in [0.29, 0.717) is 19.8 Å². The first-order valence-electron chi connectivity index (χ1n) is 5.23. The normalized spacial score (nSPS) is 10.7. The Morgan fingerprint density at radius 3 is 2.65 bits per heavy atom. The zero-order valence-corrected chi connectivity index (χ0v) is 10.8. The number of hydrogen-bond acceptors (Lipinski definition) is 4. The van der Waals surface area contributed by atoms with E-state index in [2.05, 4.69) is 4.98 Å². The molecule has 2 N–H and O–H groups in total. The maximum Gasteiger partial charge on any atom is 0.107 e. The first-order valence-corrected chi connectivity index (χ1v) is 6.49. The second-order valence-electron chi connectivity index (χ2n) is 3.56. The summed E-state index contributed by atoms with van der Waals surface area (Å²) in [6.07, 6.45) is 0. The molecule has 0 unspecified atom stereocenters. The number of hydrogen-bond donors (Lipinski definition) is 1. The molecule has 0 bridgehead atoms. The molecule has 0 atom stereocenters. The van der Waals surface area contributed by atoms with Crippen molar-refractivity contribution in [2.45, 2.75) is 19.8 Å². The molecule has 2 aromatic rings. The molecule has 3 nitrogen and oxygen atoms in total. The molecule has 1 aromatic heterocycles. The summed E-state index contributed by atoms with van der Waals surface area (Å²) >= 11 is 7.36. The van der Waals surface area contributed by atoms with Crippen molar-refractivity contribution in [3.63, 3.8) is 0 Å². The fourth-order valence-corrected chi connectivity index (χ4v) is 2.15. The van der Waals surface area contributed by atoms with Gasteiger partial charge >= 0.3 is 0 Å². The van der Waals surface area contributed by atoms with Crippen LogP contribution in [0.25, 0.3) is 0 Å². The lowest BCUT2D eigenvalue weighted by molar-refractivity contribution is 0.105. The van der Waals surface area contributed by atoms with Crippen LogP contribution in [-0.4, -0.2) is 4.98 Å². The van der Waals surface area contributed by atoms with Gasteiger partial charge in [-0.25, -0.2) is 4.98 Å². The van der Waals surface area contributed by atoms with Gasteiger partial charge in [0.25, 0.3) is 0 Å². The third-order valence-corrected chi connectivity index (χ3v) is 3.38. The van der Waals surface area contributed by atoms with Crippen LogP contribution < -0.4 is 5.73 Å². The highest BCUT2D eigenvalue weighted by Crippen LogP contribution is 2.13. The number of nitrogens with two attached hydrogens (primary N) is 1. The van der Waals surface area contributed by atoms with Crippen LogP contribution in [0.3, 0.4) is 0 Å². The summed E-state index contributed by atoms with van der Waals surface area (Å²) in [4.78, 5) is 4.32. The topological polar surface area (TPSA) is 48.1 Å². The number of nitrogens with zero attached hydrogens (tertiary/aromatic N) is 1. The Morgan fingerprint density at radius 1 is 1.24 bits per heavy atom. The zero-order valence-electron chi connectivity index (χ0n) is 9.23. The highest BCUT2D eigenvalue weighted by molar-refractivity contribution is 7.09. The quantitative estimate of drug-likeness (QED) is 0.907. The van der Waals surface area contributed by atoms with Crippen molar-refractivity contribution in [3.05, 3.63) is 50.9 Å². The highest BCUT2D eigenvalue weighted by atomic mass is 35.5. The van der Waals surface area contributed by atoms with Gasteiger partial charge < -0.3 is 10.5 Å². The minimum atomic E-state index is 0.488. The van der Waals surface area contributed by atoms with Crippen molar-refractivity contribution < 1.29 is 4.74 Å². The second kappa shape index (κ2) is 6.12. The van der Waals surface area contributed by atoms with Crippen LogP contribution in [-0.2, 0) is 24.5 Å². The summed E-state index contributed by atoms with van der Waals surface area (Å²) in [6.45, 7) is 1.56. The first-order chi connectivity index (χ1) is 8.28. The van der Waals surface area contributed by atoms with Crippen molar-refractivity contribution in [2.75, 3.05) is 0 Å². The Hall–Kier alpha value is -0.940. The molecule has 0 aliphatic heterocycles. The summed E-state index contributed by atoms with van der Waals surface area (Å²) in [7, 11) is 0. The van der Waals surface area contributed by atoms with E-state index in [1.165, 1.54) is 0 Å². The second-order valence-corrected chi connectivity index (χ2v) is 4.94. The predicted octanol–water partition coefficient (Wildman–Crippen LogP) is 2.97. The Kier molecular flexibility index (Phi) is 4.50. The Labute approximate surface area is 109 Å². The van der Waals surface area contributed by atoms with Gasteiger partial charge in [-0.2, -0.15) is 0 Å². The molecule has 17 heavy (non-hydrogen) atoms. The highest BCUT2D eigenvalue weighted by Gasteiger charge is 2.00. The van der Waals surface area contributed by atoms with Gasteiger partial charge in [-0.05, 0) is 17.7 Å². The number of rotatable bonds is 5. The first kappa shape index (κ1) is 12.5. The van der Waals surface area contributed by atoms with E-state index in [-0.39, 0.29) is 0 Å². The van der Waals surface area contributed by atoms with Gasteiger partial charge in [0, 0.05) is 16.9 Å². The number of ether oxygens (including phenoxy) is 1. The maximum atomic E-state index is 5.80. The zero-order chi connectivity index (χ0) is 12.1. The van der Waals surface area contributed by atoms with Crippen LogP contribution in [0, 0.1) is 0 Å². The summed E-state index contributed by atoms with van der Waals surface area (Å²) < 4.78 is 5.56. The third-order valence-electron chi connectivity index (χ3n) is 2.21. The standard InChI is InChI=1S/C12H13ClN2OS/c13-10-3-1-9(2-4-10)6-16-7-11-8-17-12(5-14)15-11/h1-4,8H,5-7,14H2. The van der Waals surface area contributed by atoms with E-state index < -0.39 is 0 Å². The SMILES string of the molecule is NCc1nc(COCc2ccc(Cl)cc2)cs1. The smallest absolute Gasteiger partial charge is 0.107 e. The molecule has 5 heteroatoms. The number of halogens is 1.